The third-order valence-corrected chi connectivity index (χ3v) is 4.62. The van der Waals surface area contributed by atoms with Crippen molar-refractivity contribution in [1.82, 2.24) is 9.80 Å². The number of rotatable bonds is 9. The van der Waals surface area contributed by atoms with Gasteiger partial charge in [-0.3, -0.25) is 4.90 Å². The molecule has 0 saturated heterocycles. The molecule has 0 aliphatic heterocycles. The number of thiophene rings is 1. The van der Waals surface area contributed by atoms with Crippen LogP contribution in [0.1, 0.15) is 30.2 Å². The van der Waals surface area contributed by atoms with E-state index in [2.05, 4.69) is 47.2 Å². The summed E-state index contributed by atoms with van der Waals surface area (Å²) in [6, 6.07) is 8.47. The zero-order valence-corrected chi connectivity index (χ0v) is 14.2. The fraction of sp³-hybridized carbons (Fsp3) is 0.529. The first-order valence-electron chi connectivity index (χ1n) is 7.73. The summed E-state index contributed by atoms with van der Waals surface area (Å²) in [6.45, 7) is 12.7. The molecular formula is C17H26N2OS. The van der Waals surface area contributed by atoms with Crippen molar-refractivity contribution >= 4 is 11.3 Å². The maximum atomic E-state index is 5.74. The molecule has 0 saturated carbocycles. The highest BCUT2D eigenvalue weighted by Gasteiger charge is 2.11. The van der Waals surface area contributed by atoms with Gasteiger partial charge in [-0.15, -0.1) is 11.3 Å². The fourth-order valence-corrected chi connectivity index (χ4v) is 3.20. The Bertz CT molecular complexity index is 503. The number of likely N-dealkylation sites (N-methyl/N-ethyl adjacent to an activating group) is 1. The molecule has 0 atom stereocenters. The van der Waals surface area contributed by atoms with Crippen LogP contribution in [0.3, 0.4) is 0 Å². The SMILES string of the molecule is CCN(CC)CCN(Cc1ccc(C)o1)Cc1cccs1. The van der Waals surface area contributed by atoms with E-state index in [1.165, 1.54) is 4.88 Å². The monoisotopic (exact) mass is 306 g/mol. The van der Waals surface area contributed by atoms with E-state index in [1.807, 2.05) is 24.3 Å². The van der Waals surface area contributed by atoms with Crippen molar-refractivity contribution in [1.29, 1.82) is 0 Å². The number of hydrogen-bond acceptors (Lipinski definition) is 4. The average molecular weight is 306 g/mol. The molecule has 0 radical (unpaired) electrons. The lowest BCUT2D eigenvalue weighted by Gasteiger charge is -2.25. The Morgan fingerprint density at radius 1 is 1.00 bits per heavy atom. The van der Waals surface area contributed by atoms with Crippen LogP contribution >= 0.6 is 11.3 Å². The summed E-state index contributed by atoms with van der Waals surface area (Å²) in [4.78, 5) is 6.36. The number of furan rings is 1. The number of nitrogens with zero attached hydrogens (tertiary/aromatic N) is 2. The molecular weight excluding hydrogens is 280 g/mol. The Kier molecular flexibility index (Phi) is 6.49. The molecule has 0 unspecified atom stereocenters. The van der Waals surface area contributed by atoms with Crippen LogP contribution < -0.4 is 0 Å². The van der Waals surface area contributed by atoms with E-state index >= 15 is 0 Å². The Morgan fingerprint density at radius 3 is 2.33 bits per heavy atom. The van der Waals surface area contributed by atoms with Gasteiger partial charge in [-0.25, -0.2) is 0 Å². The normalized spacial score (nSPS) is 11.7. The Balaban J connectivity index is 1.95. The smallest absolute Gasteiger partial charge is 0.118 e. The molecule has 2 heterocycles. The molecule has 2 aromatic rings. The zero-order chi connectivity index (χ0) is 15.1. The van der Waals surface area contributed by atoms with Crippen LogP contribution in [0, 0.1) is 6.92 Å². The highest BCUT2D eigenvalue weighted by Crippen LogP contribution is 2.15. The minimum Gasteiger partial charge on any atom is -0.465 e. The largest absolute Gasteiger partial charge is 0.465 e. The van der Waals surface area contributed by atoms with Gasteiger partial charge < -0.3 is 9.32 Å². The van der Waals surface area contributed by atoms with Gasteiger partial charge in [-0.05, 0) is 43.6 Å². The van der Waals surface area contributed by atoms with E-state index < -0.39 is 0 Å². The minimum absolute atomic E-state index is 0.882. The molecule has 2 aromatic heterocycles. The number of aryl methyl sites for hydroxylation is 1. The van der Waals surface area contributed by atoms with Gasteiger partial charge in [0, 0.05) is 24.5 Å². The summed E-state index contributed by atoms with van der Waals surface area (Å²) in [7, 11) is 0. The van der Waals surface area contributed by atoms with Gasteiger partial charge in [0.2, 0.25) is 0 Å². The van der Waals surface area contributed by atoms with Crippen LogP contribution in [-0.4, -0.2) is 36.0 Å². The topological polar surface area (TPSA) is 19.6 Å². The standard InChI is InChI=1S/C17H26N2OS/c1-4-18(5-2)10-11-19(14-17-7-6-12-21-17)13-16-9-8-15(3)20-16/h6-9,12H,4-5,10-11,13-14H2,1-3H3. The summed E-state index contributed by atoms with van der Waals surface area (Å²) < 4.78 is 5.74. The highest BCUT2D eigenvalue weighted by atomic mass is 32.1. The summed E-state index contributed by atoms with van der Waals surface area (Å²) in [5, 5.41) is 2.15. The van der Waals surface area contributed by atoms with Gasteiger partial charge in [0.25, 0.3) is 0 Å². The quantitative estimate of drug-likeness (QED) is 0.698. The van der Waals surface area contributed by atoms with Crippen LogP contribution in [0.15, 0.2) is 34.1 Å². The minimum atomic E-state index is 0.882. The molecule has 0 amide bonds. The van der Waals surface area contributed by atoms with Gasteiger partial charge in [-0.1, -0.05) is 19.9 Å². The summed E-state index contributed by atoms with van der Waals surface area (Å²) in [5.41, 5.74) is 0. The number of hydrogen-bond donors (Lipinski definition) is 0. The molecule has 2 rings (SSSR count). The molecule has 116 valence electrons. The molecule has 0 aliphatic carbocycles. The van der Waals surface area contributed by atoms with Gasteiger partial charge in [0.1, 0.15) is 11.5 Å². The van der Waals surface area contributed by atoms with Crippen molar-refractivity contribution in [3.8, 4) is 0 Å². The van der Waals surface area contributed by atoms with Crippen LogP contribution in [0.2, 0.25) is 0 Å². The molecule has 0 bridgehead atoms. The van der Waals surface area contributed by atoms with Crippen LogP contribution in [0.5, 0.6) is 0 Å². The first kappa shape index (κ1) is 16.3. The van der Waals surface area contributed by atoms with Crippen molar-refractivity contribution in [2.75, 3.05) is 26.2 Å². The summed E-state index contributed by atoms with van der Waals surface area (Å²) in [5.74, 6) is 2.05. The van der Waals surface area contributed by atoms with Crippen molar-refractivity contribution in [2.45, 2.75) is 33.9 Å². The van der Waals surface area contributed by atoms with Gasteiger partial charge >= 0.3 is 0 Å². The third kappa shape index (κ3) is 5.30. The molecule has 4 heteroatoms. The fourth-order valence-electron chi connectivity index (χ4n) is 2.45. The van der Waals surface area contributed by atoms with Gasteiger partial charge in [-0.2, -0.15) is 0 Å². The molecule has 0 aliphatic rings. The average Bonchev–Trinajstić information content (AvgIpc) is 3.12. The molecule has 0 fully saturated rings. The molecule has 3 nitrogen and oxygen atoms in total. The van der Waals surface area contributed by atoms with E-state index in [-0.39, 0.29) is 0 Å². The van der Waals surface area contributed by atoms with E-state index in [4.69, 9.17) is 4.42 Å². The Labute approximate surface area is 132 Å². The maximum Gasteiger partial charge on any atom is 0.118 e. The molecule has 0 spiro atoms. The molecule has 0 N–H and O–H groups in total. The Morgan fingerprint density at radius 2 is 1.76 bits per heavy atom. The Hall–Kier alpha value is -1.10. The second-order valence-electron chi connectivity index (χ2n) is 5.33. The molecule has 0 aromatic carbocycles. The van der Waals surface area contributed by atoms with E-state index in [0.717, 1.165) is 50.8 Å². The first-order valence-corrected chi connectivity index (χ1v) is 8.61. The van der Waals surface area contributed by atoms with Crippen molar-refractivity contribution in [2.24, 2.45) is 0 Å². The maximum absolute atomic E-state index is 5.74. The second kappa shape index (κ2) is 8.37. The van der Waals surface area contributed by atoms with Crippen molar-refractivity contribution in [3.63, 3.8) is 0 Å². The predicted octanol–water partition coefficient (Wildman–Crippen LogP) is 3.99. The van der Waals surface area contributed by atoms with Crippen molar-refractivity contribution < 1.29 is 4.42 Å². The lowest BCUT2D eigenvalue weighted by Crippen LogP contribution is -2.34. The van der Waals surface area contributed by atoms with Crippen LogP contribution in [0.25, 0.3) is 0 Å². The van der Waals surface area contributed by atoms with E-state index in [9.17, 15) is 0 Å². The van der Waals surface area contributed by atoms with E-state index in [0.29, 0.717) is 0 Å². The first-order chi connectivity index (χ1) is 10.2. The lowest BCUT2D eigenvalue weighted by molar-refractivity contribution is 0.192. The zero-order valence-electron chi connectivity index (χ0n) is 13.3. The van der Waals surface area contributed by atoms with Crippen LogP contribution in [-0.2, 0) is 13.1 Å². The molecule has 21 heavy (non-hydrogen) atoms. The lowest BCUT2D eigenvalue weighted by atomic mass is 10.3. The summed E-state index contributed by atoms with van der Waals surface area (Å²) >= 11 is 1.83. The van der Waals surface area contributed by atoms with Crippen LogP contribution in [0.4, 0.5) is 0 Å². The van der Waals surface area contributed by atoms with Gasteiger partial charge in [0.15, 0.2) is 0 Å². The van der Waals surface area contributed by atoms with Crippen molar-refractivity contribution in [3.05, 3.63) is 46.0 Å². The summed E-state index contributed by atoms with van der Waals surface area (Å²) in [6.07, 6.45) is 0. The van der Waals surface area contributed by atoms with E-state index in [1.54, 1.807) is 0 Å². The highest BCUT2D eigenvalue weighted by molar-refractivity contribution is 7.09. The van der Waals surface area contributed by atoms with Gasteiger partial charge in [0.05, 0.1) is 6.54 Å². The predicted molar refractivity (Wildman–Crippen MR) is 89.7 cm³/mol. The second-order valence-corrected chi connectivity index (χ2v) is 6.36. The third-order valence-electron chi connectivity index (χ3n) is 3.76.